The van der Waals surface area contributed by atoms with Crippen molar-refractivity contribution in [3.63, 3.8) is 0 Å². The lowest BCUT2D eigenvalue weighted by atomic mass is 9.90. The van der Waals surface area contributed by atoms with E-state index < -0.39 is 24.3 Å². The van der Waals surface area contributed by atoms with Gasteiger partial charge in [-0.2, -0.15) is 0 Å². The normalized spacial score (nSPS) is 22.2. The number of carbonyl (C=O) groups is 2. The number of hydrogen-bond acceptors (Lipinski definition) is 5. The third-order valence-corrected chi connectivity index (χ3v) is 6.83. The Morgan fingerprint density at radius 3 is 2.50 bits per heavy atom. The van der Waals surface area contributed by atoms with Crippen molar-refractivity contribution in [2.75, 3.05) is 32.1 Å². The minimum atomic E-state index is -0.646. The molecule has 0 unspecified atom stereocenters. The highest BCUT2D eigenvalue weighted by Gasteiger charge is 2.31. The molecule has 2 aromatic rings. The molecule has 2 heterocycles. The van der Waals surface area contributed by atoms with Gasteiger partial charge in [-0.15, -0.1) is 0 Å². The third kappa shape index (κ3) is 6.86. The lowest BCUT2D eigenvalue weighted by Crippen LogP contribution is -2.50. The number of likely N-dealkylation sites (tertiary alicyclic amines) is 1. The summed E-state index contributed by atoms with van der Waals surface area (Å²) in [7, 11) is 1.53. The van der Waals surface area contributed by atoms with Crippen LogP contribution in [0.2, 0.25) is 0 Å². The smallest absolute Gasteiger partial charge is 0.319 e. The van der Waals surface area contributed by atoms with E-state index in [1.807, 2.05) is 17.0 Å². The second-order valence-electron chi connectivity index (χ2n) is 9.32. The van der Waals surface area contributed by atoms with Gasteiger partial charge >= 0.3 is 6.03 Å². The molecule has 3 atom stereocenters. The van der Waals surface area contributed by atoms with Crippen molar-refractivity contribution in [1.29, 1.82) is 0 Å². The van der Waals surface area contributed by atoms with Crippen LogP contribution in [-0.4, -0.2) is 67.0 Å². The molecule has 8 nitrogen and oxygen atoms in total. The Morgan fingerprint density at radius 2 is 1.78 bits per heavy atom. The SMILES string of the molecule is COc1ccccc1NC(=O)N[C@@H]1C=C[C@H](CC(=O)N2CCC(Cc3ccccc3)CC2)O[C@@H]1CO. The van der Waals surface area contributed by atoms with E-state index in [1.54, 1.807) is 30.4 Å². The van der Waals surface area contributed by atoms with Crippen LogP contribution in [0.5, 0.6) is 5.75 Å². The molecular weight excluding hydrogens is 458 g/mol. The summed E-state index contributed by atoms with van der Waals surface area (Å²) in [6.07, 6.45) is 5.75. The van der Waals surface area contributed by atoms with Gasteiger partial charge < -0.3 is 30.1 Å². The van der Waals surface area contributed by atoms with Crippen molar-refractivity contribution >= 4 is 17.6 Å². The van der Waals surface area contributed by atoms with E-state index in [1.165, 1.54) is 12.7 Å². The summed E-state index contributed by atoms with van der Waals surface area (Å²) in [5.41, 5.74) is 1.88. The Bertz CT molecular complexity index is 1040. The summed E-state index contributed by atoms with van der Waals surface area (Å²) in [5.74, 6) is 1.19. The summed E-state index contributed by atoms with van der Waals surface area (Å²) in [5, 5.41) is 15.4. The number of nitrogens with one attached hydrogen (secondary N) is 2. The van der Waals surface area contributed by atoms with Gasteiger partial charge in [0.25, 0.3) is 0 Å². The van der Waals surface area contributed by atoms with Crippen molar-refractivity contribution in [2.45, 2.75) is 43.9 Å². The fourth-order valence-electron chi connectivity index (χ4n) is 4.83. The van der Waals surface area contributed by atoms with Gasteiger partial charge in [0, 0.05) is 13.1 Å². The number of nitrogens with zero attached hydrogens (tertiary/aromatic N) is 1. The number of rotatable bonds is 8. The average molecular weight is 494 g/mol. The van der Waals surface area contributed by atoms with Gasteiger partial charge in [0.15, 0.2) is 0 Å². The van der Waals surface area contributed by atoms with Crippen molar-refractivity contribution in [1.82, 2.24) is 10.2 Å². The van der Waals surface area contributed by atoms with Crippen LogP contribution in [0.3, 0.4) is 0 Å². The molecule has 2 aliphatic rings. The molecule has 36 heavy (non-hydrogen) atoms. The number of para-hydroxylation sites is 2. The highest BCUT2D eigenvalue weighted by molar-refractivity contribution is 5.91. The summed E-state index contributed by atoms with van der Waals surface area (Å²) < 4.78 is 11.2. The molecule has 4 rings (SSSR count). The van der Waals surface area contributed by atoms with Crippen molar-refractivity contribution in [2.24, 2.45) is 5.92 Å². The van der Waals surface area contributed by atoms with Crippen LogP contribution >= 0.6 is 0 Å². The molecule has 0 radical (unpaired) electrons. The minimum Gasteiger partial charge on any atom is -0.495 e. The zero-order valence-electron chi connectivity index (χ0n) is 20.6. The van der Waals surface area contributed by atoms with E-state index in [0.717, 1.165) is 32.4 Å². The molecular formula is C28H35N3O5. The standard InChI is InChI=1S/C28H35N3O5/c1-35-25-10-6-5-9-23(25)29-28(34)30-24-12-11-22(36-26(24)19-32)18-27(33)31-15-13-21(14-16-31)17-20-7-3-2-4-8-20/h2-12,21-22,24,26,32H,13-19H2,1H3,(H2,29,30,34)/t22-,24-,26-/m1/s1. The van der Waals surface area contributed by atoms with Crippen LogP contribution in [0.25, 0.3) is 0 Å². The maximum absolute atomic E-state index is 12.9. The maximum Gasteiger partial charge on any atom is 0.319 e. The summed E-state index contributed by atoms with van der Waals surface area (Å²) >= 11 is 0. The number of anilines is 1. The second kappa shape index (κ2) is 12.6. The minimum absolute atomic E-state index is 0.0554. The van der Waals surface area contributed by atoms with Crippen LogP contribution in [0.1, 0.15) is 24.8 Å². The summed E-state index contributed by atoms with van der Waals surface area (Å²) in [6, 6.07) is 16.6. The molecule has 3 N–H and O–H groups in total. The van der Waals surface area contributed by atoms with Crippen LogP contribution in [-0.2, 0) is 16.0 Å². The van der Waals surface area contributed by atoms with Gasteiger partial charge in [0.2, 0.25) is 5.91 Å². The number of amides is 3. The predicted molar refractivity (Wildman–Crippen MR) is 138 cm³/mol. The van der Waals surface area contributed by atoms with Crippen molar-refractivity contribution in [3.8, 4) is 5.75 Å². The number of aliphatic hydroxyl groups is 1. The van der Waals surface area contributed by atoms with Crippen LogP contribution in [0, 0.1) is 5.92 Å². The predicted octanol–water partition coefficient (Wildman–Crippen LogP) is 3.37. The van der Waals surface area contributed by atoms with Crippen molar-refractivity contribution < 1.29 is 24.2 Å². The molecule has 0 aliphatic carbocycles. The highest BCUT2D eigenvalue weighted by atomic mass is 16.5. The van der Waals surface area contributed by atoms with Gasteiger partial charge in [-0.1, -0.05) is 54.6 Å². The zero-order chi connectivity index (χ0) is 25.3. The fraction of sp³-hybridized carbons (Fsp3) is 0.429. The van der Waals surface area contributed by atoms with E-state index in [4.69, 9.17) is 9.47 Å². The first-order valence-corrected chi connectivity index (χ1v) is 12.5. The number of aliphatic hydroxyl groups excluding tert-OH is 1. The third-order valence-electron chi connectivity index (χ3n) is 6.83. The van der Waals surface area contributed by atoms with E-state index in [-0.39, 0.29) is 18.9 Å². The first-order chi connectivity index (χ1) is 17.6. The van der Waals surface area contributed by atoms with Gasteiger partial charge in [-0.25, -0.2) is 4.79 Å². The lowest BCUT2D eigenvalue weighted by molar-refractivity contribution is -0.136. The number of ether oxygens (including phenoxy) is 2. The van der Waals surface area contributed by atoms with E-state index in [2.05, 4.69) is 34.9 Å². The van der Waals surface area contributed by atoms with E-state index >= 15 is 0 Å². The first-order valence-electron chi connectivity index (χ1n) is 12.5. The van der Waals surface area contributed by atoms with E-state index in [9.17, 15) is 14.7 Å². The Morgan fingerprint density at radius 1 is 1.06 bits per heavy atom. The molecule has 2 aromatic carbocycles. The number of hydrogen-bond donors (Lipinski definition) is 3. The van der Waals surface area contributed by atoms with Gasteiger partial charge in [0.1, 0.15) is 11.9 Å². The van der Waals surface area contributed by atoms with Crippen LogP contribution in [0.4, 0.5) is 10.5 Å². The molecule has 0 spiro atoms. The zero-order valence-corrected chi connectivity index (χ0v) is 20.6. The van der Waals surface area contributed by atoms with Gasteiger partial charge in [-0.05, 0) is 42.9 Å². The monoisotopic (exact) mass is 493 g/mol. The first kappa shape index (κ1) is 25.7. The number of carbonyl (C=O) groups excluding carboxylic acids is 2. The molecule has 2 aliphatic heterocycles. The second-order valence-corrected chi connectivity index (χ2v) is 9.32. The summed E-state index contributed by atoms with van der Waals surface area (Å²) in [4.78, 5) is 27.3. The molecule has 8 heteroatoms. The molecule has 1 saturated heterocycles. The Labute approximate surface area is 212 Å². The molecule has 0 aromatic heterocycles. The van der Waals surface area contributed by atoms with Gasteiger partial charge in [-0.3, -0.25) is 4.79 Å². The maximum atomic E-state index is 12.9. The van der Waals surface area contributed by atoms with Crippen LogP contribution in [0.15, 0.2) is 66.7 Å². The fourth-order valence-corrected chi connectivity index (χ4v) is 4.83. The number of methoxy groups -OCH3 is 1. The quantitative estimate of drug-likeness (QED) is 0.490. The van der Waals surface area contributed by atoms with Crippen LogP contribution < -0.4 is 15.4 Å². The largest absolute Gasteiger partial charge is 0.495 e. The van der Waals surface area contributed by atoms with Crippen molar-refractivity contribution in [3.05, 3.63) is 72.3 Å². The topological polar surface area (TPSA) is 100 Å². The Hall–Kier alpha value is -3.36. The highest BCUT2D eigenvalue weighted by Crippen LogP contribution is 2.25. The molecule has 3 amide bonds. The number of benzene rings is 2. The van der Waals surface area contributed by atoms with Gasteiger partial charge in [0.05, 0.1) is 38.0 Å². The lowest BCUT2D eigenvalue weighted by Gasteiger charge is -2.35. The van der Waals surface area contributed by atoms with E-state index in [0.29, 0.717) is 17.4 Å². The Balaban J connectivity index is 1.25. The molecule has 0 bridgehead atoms. The molecule has 0 saturated carbocycles. The molecule has 192 valence electrons. The number of piperidine rings is 1. The molecule has 1 fully saturated rings. The number of urea groups is 1. The average Bonchev–Trinajstić information content (AvgIpc) is 2.90. The summed E-state index contributed by atoms with van der Waals surface area (Å²) in [6.45, 7) is 1.23. The Kier molecular flexibility index (Phi) is 8.97.